The number of aryl methyl sites for hydroxylation is 1. The maximum absolute atomic E-state index is 12.0. The minimum atomic E-state index is -0.811. The zero-order valence-corrected chi connectivity index (χ0v) is 11.3. The molecule has 1 unspecified atom stereocenters. The molecule has 0 heterocycles. The quantitative estimate of drug-likeness (QED) is 0.856. The van der Waals surface area contributed by atoms with Crippen LogP contribution < -0.4 is 5.32 Å². The van der Waals surface area contributed by atoms with Crippen LogP contribution in [0.15, 0.2) is 24.3 Å². The van der Waals surface area contributed by atoms with E-state index in [9.17, 15) is 9.59 Å². The maximum Gasteiger partial charge on any atom is 0.303 e. The summed E-state index contributed by atoms with van der Waals surface area (Å²) >= 11 is 0. The van der Waals surface area contributed by atoms with Gasteiger partial charge in [-0.25, -0.2) is 0 Å². The monoisotopic (exact) mass is 261 g/mol. The third-order valence-electron chi connectivity index (χ3n) is 3.65. The first-order valence-electron chi connectivity index (χ1n) is 6.50. The summed E-state index contributed by atoms with van der Waals surface area (Å²) in [7, 11) is 0. The minimum absolute atomic E-state index is 0.0559. The maximum atomic E-state index is 12.0. The number of nitrogens with one attached hydrogen (secondary N) is 1. The lowest BCUT2D eigenvalue weighted by Crippen LogP contribution is -2.16. The number of amides is 1. The first-order valence-corrected chi connectivity index (χ1v) is 6.50. The Morgan fingerprint density at radius 2 is 2.11 bits per heavy atom. The number of hydrogen-bond acceptors (Lipinski definition) is 2. The summed E-state index contributed by atoms with van der Waals surface area (Å²) in [4.78, 5) is 22.5. The van der Waals surface area contributed by atoms with Gasteiger partial charge in [-0.3, -0.25) is 9.59 Å². The molecular weight excluding hydrogens is 242 g/mol. The van der Waals surface area contributed by atoms with Gasteiger partial charge in [0.25, 0.3) is 0 Å². The largest absolute Gasteiger partial charge is 0.481 e. The molecule has 0 saturated heterocycles. The standard InChI is InChI=1S/C15H19NO3/c1-15(2)9-12(15)14(19)16-11-5-3-4-10(8-11)6-7-13(17)18/h3-5,8,12H,6-7,9H2,1-2H3,(H,16,19)(H,17,18). The SMILES string of the molecule is CC1(C)CC1C(=O)Nc1cccc(CCC(=O)O)c1. The predicted octanol–water partition coefficient (Wildman–Crippen LogP) is 2.69. The first-order chi connectivity index (χ1) is 8.88. The molecule has 0 aromatic heterocycles. The van der Waals surface area contributed by atoms with Gasteiger partial charge in [-0.2, -0.15) is 0 Å². The van der Waals surface area contributed by atoms with Crippen LogP contribution in [-0.4, -0.2) is 17.0 Å². The van der Waals surface area contributed by atoms with Crippen molar-refractivity contribution in [3.63, 3.8) is 0 Å². The van der Waals surface area contributed by atoms with Crippen LogP contribution in [0, 0.1) is 11.3 Å². The van der Waals surface area contributed by atoms with Gasteiger partial charge in [-0.1, -0.05) is 26.0 Å². The highest BCUT2D eigenvalue weighted by atomic mass is 16.4. The Labute approximate surface area is 112 Å². The van der Waals surface area contributed by atoms with Gasteiger partial charge in [0.05, 0.1) is 0 Å². The molecule has 19 heavy (non-hydrogen) atoms. The third kappa shape index (κ3) is 3.56. The molecule has 1 aliphatic rings. The molecule has 0 bridgehead atoms. The van der Waals surface area contributed by atoms with Crippen molar-refractivity contribution in [1.29, 1.82) is 0 Å². The van der Waals surface area contributed by atoms with Gasteiger partial charge in [0.2, 0.25) is 5.91 Å². The number of aliphatic carboxylic acids is 1. The van der Waals surface area contributed by atoms with Gasteiger partial charge in [0.1, 0.15) is 0 Å². The molecule has 1 saturated carbocycles. The third-order valence-corrected chi connectivity index (χ3v) is 3.65. The van der Waals surface area contributed by atoms with Crippen LogP contribution in [0.2, 0.25) is 0 Å². The van der Waals surface area contributed by atoms with Crippen molar-refractivity contribution in [1.82, 2.24) is 0 Å². The fraction of sp³-hybridized carbons (Fsp3) is 0.467. The van der Waals surface area contributed by atoms with Crippen molar-refractivity contribution in [3.05, 3.63) is 29.8 Å². The normalized spacial score (nSPS) is 19.8. The second-order valence-corrected chi connectivity index (χ2v) is 5.83. The lowest BCUT2D eigenvalue weighted by Gasteiger charge is -2.08. The fourth-order valence-electron chi connectivity index (χ4n) is 2.20. The average molecular weight is 261 g/mol. The van der Waals surface area contributed by atoms with E-state index < -0.39 is 5.97 Å². The number of carbonyl (C=O) groups is 2. The number of rotatable bonds is 5. The highest BCUT2D eigenvalue weighted by molar-refractivity contribution is 5.95. The molecule has 1 aromatic rings. The molecule has 1 amide bonds. The minimum Gasteiger partial charge on any atom is -0.481 e. The molecule has 2 N–H and O–H groups in total. The van der Waals surface area contributed by atoms with Crippen molar-refractivity contribution in [2.24, 2.45) is 11.3 Å². The van der Waals surface area contributed by atoms with E-state index >= 15 is 0 Å². The summed E-state index contributed by atoms with van der Waals surface area (Å²) in [6.45, 7) is 4.17. The smallest absolute Gasteiger partial charge is 0.303 e. The Kier molecular flexibility index (Phi) is 3.60. The Hall–Kier alpha value is -1.84. The van der Waals surface area contributed by atoms with Gasteiger partial charge < -0.3 is 10.4 Å². The van der Waals surface area contributed by atoms with E-state index in [-0.39, 0.29) is 23.7 Å². The van der Waals surface area contributed by atoms with E-state index in [4.69, 9.17) is 5.11 Å². The molecule has 0 spiro atoms. The van der Waals surface area contributed by atoms with Gasteiger partial charge in [-0.15, -0.1) is 0 Å². The van der Waals surface area contributed by atoms with Crippen LogP contribution in [0.25, 0.3) is 0 Å². The van der Waals surface area contributed by atoms with Crippen molar-refractivity contribution in [2.75, 3.05) is 5.32 Å². The summed E-state index contributed by atoms with van der Waals surface area (Å²) in [5, 5.41) is 11.6. The van der Waals surface area contributed by atoms with Crippen molar-refractivity contribution < 1.29 is 14.7 Å². The average Bonchev–Trinajstić information content (AvgIpc) is 2.96. The number of carboxylic acids is 1. The van der Waals surface area contributed by atoms with Gasteiger partial charge in [-0.05, 0) is 36.0 Å². The molecule has 1 atom stereocenters. The van der Waals surface area contributed by atoms with Crippen LogP contribution in [0.5, 0.6) is 0 Å². The summed E-state index contributed by atoms with van der Waals surface area (Å²) in [6, 6.07) is 7.39. The van der Waals surface area contributed by atoms with E-state index in [0.29, 0.717) is 6.42 Å². The number of hydrogen-bond donors (Lipinski definition) is 2. The summed E-state index contributed by atoms with van der Waals surface area (Å²) < 4.78 is 0. The van der Waals surface area contributed by atoms with E-state index in [1.54, 1.807) is 0 Å². The number of carboxylic acid groups (broad SMARTS) is 1. The molecule has 4 nitrogen and oxygen atoms in total. The predicted molar refractivity (Wildman–Crippen MR) is 72.9 cm³/mol. The first kappa shape index (κ1) is 13.6. The Morgan fingerprint density at radius 1 is 1.42 bits per heavy atom. The molecule has 1 aromatic carbocycles. The van der Waals surface area contributed by atoms with Crippen LogP contribution in [0.4, 0.5) is 5.69 Å². The second-order valence-electron chi connectivity index (χ2n) is 5.83. The summed E-state index contributed by atoms with van der Waals surface area (Å²) in [5.74, 6) is -0.662. The Bertz CT molecular complexity index is 508. The molecule has 2 rings (SSSR count). The lowest BCUT2D eigenvalue weighted by atomic mass is 10.1. The Balaban J connectivity index is 1.95. The summed E-state index contributed by atoms with van der Waals surface area (Å²) in [6.07, 6.45) is 1.51. The fourth-order valence-corrected chi connectivity index (χ4v) is 2.20. The van der Waals surface area contributed by atoms with E-state index in [1.807, 2.05) is 24.3 Å². The number of carbonyl (C=O) groups excluding carboxylic acids is 1. The van der Waals surface area contributed by atoms with E-state index in [2.05, 4.69) is 19.2 Å². The van der Waals surface area contributed by atoms with Crippen molar-refractivity contribution >= 4 is 17.6 Å². The van der Waals surface area contributed by atoms with Crippen LogP contribution in [0.3, 0.4) is 0 Å². The zero-order valence-electron chi connectivity index (χ0n) is 11.3. The van der Waals surface area contributed by atoms with E-state index in [1.165, 1.54) is 0 Å². The van der Waals surface area contributed by atoms with Crippen LogP contribution in [-0.2, 0) is 16.0 Å². The van der Waals surface area contributed by atoms with Crippen molar-refractivity contribution in [3.8, 4) is 0 Å². The molecule has 4 heteroatoms. The van der Waals surface area contributed by atoms with Gasteiger partial charge >= 0.3 is 5.97 Å². The molecule has 102 valence electrons. The highest BCUT2D eigenvalue weighted by Gasteiger charge is 2.50. The lowest BCUT2D eigenvalue weighted by molar-refractivity contribution is -0.137. The van der Waals surface area contributed by atoms with Gasteiger partial charge in [0.15, 0.2) is 0 Å². The molecule has 1 fully saturated rings. The molecule has 0 aliphatic heterocycles. The highest BCUT2D eigenvalue weighted by Crippen LogP contribution is 2.51. The molecular formula is C15H19NO3. The van der Waals surface area contributed by atoms with Gasteiger partial charge in [0, 0.05) is 18.0 Å². The topological polar surface area (TPSA) is 66.4 Å². The van der Waals surface area contributed by atoms with Crippen molar-refractivity contribution in [2.45, 2.75) is 33.1 Å². The number of anilines is 1. The summed E-state index contributed by atoms with van der Waals surface area (Å²) in [5.41, 5.74) is 1.79. The Morgan fingerprint density at radius 3 is 2.68 bits per heavy atom. The van der Waals surface area contributed by atoms with Crippen LogP contribution in [0.1, 0.15) is 32.3 Å². The number of benzene rings is 1. The molecule has 1 aliphatic carbocycles. The van der Waals surface area contributed by atoms with Crippen LogP contribution >= 0.6 is 0 Å². The zero-order chi connectivity index (χ0) is 14.0. The molecule has 0 radical (unpaired) electrons. The second kappa shape index (κ2) is 5.03. The van der Waals surface area contributed by atoms with E-state index in [0.717, 1.165) is 17.7 Å².